The number of ether oxygens (including phenoxy) is 2. The van der Waals surface area contributed by atoms with E-state index >= 15 is 0 Å². The van der Waals surface area contributed by atoms with E-state index < -0.39 is 0 Å². The normalized spacial score (nSPS) is 10.9. The van der Waals surface area contributed by atoms with E-state index in [2.05, 4.69) is 28.2 Å². The Labute approximate surface area is 193 Å². The Bertz CT molecular complexity index is 751. The van der Waals surface area contributed by atoms with Gasteiger partial charge in [0.25, 0.3) is 0 Å². The van der Waals surface area contributed by atoms with Gasteiger partial charge in [0.2, 0.25) is 0 Å². The van der Waals surface area contributed by atoms with Crippen LogP contribution in [0.2, 0.25) is 10.0 Å². The lowest BCUT2D eigenvalue weighted by Crippen LogP contribution is -2.15. The summed E-state index contributed by atoms with van der Waals surface area (Å²) in [5, 5.41) is 4.69. The van der Waals surface area contributed by atoms with E-state index in [4.69, 9.17) is 32.7 Å². The molecule has 0 saturated heterocycles. The number of unbranched alkanes of at least 4 members (excludes halogenated alkanes) is 5. The first kappa shape index (κ1) is 24.3. The van der Waals surface area contributed by atoms with Gasteiger partial charge in [0.05, 0.1) is 7.11 Å². The smallest absolute Gasteiger partial charge is 0.162 e. The first-order chi connectivity index (χ1) is 14.1. The average Bonchev–Trinajstić information content (AvgIpc) is 2.70. The zero-order chi connectivity index (χ0) is 21.1. The first-order valence-electron chi connectivity index (χ1n) is 10.2. The van der Waals surface area contributed by atoms with E-state index in [9.17, 15) is 0 Å². The summed E-state index contributed by atoms with van der Waals surface area (Å²) in [7, 11) is 1.64. The molecule has 0 unspecified atom stereocenters. The second-order valence-corrected chi connectivity index (χ2v) is 8.70. The van der Waals surface area contributed by atoms with Crippen LogP contribution in [0.4, 0.5) is 0 Å². The maximum Gasteiger partial charge on any atom is 0.162 e. The zero-order valence-electron chi connectivity index (χ0n) is 17.2. The van der Waals surface area contributed by atoms with Crippen LogP contribution in [-0.4, -0.2) is 13.7 Å². The molecule has 0 aromatic heterocycles. The topological polar surface area (TPSA) is 30.5 Å². The molecule has 2 aromatic rings. The largest absolute Gasteiger partial charge is 0.493 e. The Morgan fingerprint density at radius 1 is 0.966 bits per heavy atom. The van der Waals surface area contributed by atoms with E-state index in [0.29, 0.717) is 21.5 Å². The molecule has 0 amide bonds. The summed E-state index contributed by atoms with van der Waals surface area (Å²) >= 11 is 16.1. The summed E-state index contributed by atoms with van der Waals surface area (Å²) in [4.78, 5) is 0. The second-order valence-electron chi connectivity index (χ2n) is 7.03. The maximum atomic E-state index is 6.23. The molecule has 0 saturated carbocycles. The van der Waals surface area contributed by atoms with E-state index in [1.165, 1.54) is 38.5 Å². The number of hydrogen-bond donors (Lipinski definition) is 1. The highest BCUT2D eigenvalue weighted by Crippen LogP contribution is 2.35. The summed E-state index contributed by atoms with van der Waals surface area (Å²) in [6.45, 7) is 4.32. The van der Waals surface area contributed by atoms with E-state index in [1.54, 1.807) is 19.2 Å². The van der Waals surface area contributed by atoms with Crippen molar-refractivity contribution in [2.45, 2.75) is 58.6 Å². The minimum absolute atomic E-state index is 0.275. The van der Waals surface area contributed by atoms with Gasteiger partial charge in [-0.05, 0) is 42.8 Å². The molecular weight excluding hydrogens is 473 g/mol. The zero-order valence-corrected chi connectivity index (χ0v) is 20.3. The monoisotopic (exact) mass is 501 g/mol. The molecule has 0 aliphatic carbocycles. The van der Waals surface area contributed by atoms with Gasteiger partial charge in [0.15, 0.2) is 11.5 Å². The van der Waals surface area contributed by atoms with Crippen molar-refractivity contribution in [2.24, 2.45) is 0 Å². The molecule has 6 heteroatoms. The summed E-state index contributed by atoms with van der Waals surface area (Å²) in [6, 6.07) is 9.36. The minimum Gasteiger partial charge on any atom is -0.493 e. The van der Waals surface area contributed by atoms with Crippen molar-refractivity contribution >= 4 is 39.1 Å². The first-order valence-corrected chi connectivity index (χ1v) is 11.7. The molecule has 2 aromatic carbocycles. The second kappa shape index (κ2) is 13.4. The molecule has 1 N–H and O–H groups in total. The van der Waals surface area contributed by atoms with Gasteiger partial charge >= 0.3 is 0 Å². The third kappa shape index (κ3) is 8.01. The molecule has 0 heterocycles. The van der Waals surface area contributed by atoms with Crippen LogP contribution < -0.4 is 14.8 Å². The summed E-state index contributed by atoms with van der Waals surface area (Å²) < 4.78 is 12.5. The van der Waals surface area contributed by atoms with Gasteiger partial charge in [0.1, 0.15) is 6.61 Å². The van der Waals surface area contributed by atoms with E-state index in [0.717, 1.165) is 28.7 Å². The Hall–Kier alpha value is -0.940. The fourth-order valence-corrected chi connectivity index (χ4v) is 4.03. The summed E-state index contributed by atoms with van der Waals surface area (Å²) in [5.74, 6) is 1.34. The average molecular weight is 503 g/mol. The molecule has 0 aliphatic rings. The molecule has 0 fully saturated rings. The van der Waals surface area contributed by atoms with E-state index in [-0.39, 0.29) is 6.61 Å². The van der Waals surface area contributed by atoms with Crippen molar-refractivity contribution in [1.82, 2.24) is 5.32 Å². The van der Waals surface area contributed by atoms with Gasteiger partial charge in [0, 0.05) is 26.6 Å². The molecular formula is C23H30BrCl2NO2. The highest BCUT2D eigenvalue weighted by atomic mass is 79.9. The highest BCUT2D eigenvalue weighted by Gasteiger charge is 2.12. The summed E-state index contributed by atoms with van der Waals surface area (Å²) in [5.41, 5.74) is 1.90. The number of nitrogens with one attached hydrogen (secondary N) is 1. The minimum atomic E-state index is 0.275. The number of rotatable bonds is 13. The predicted molar refractivity (Wildman–Crippen MR) is 127 cm³/mol. The molecule has 29 heavy (non-hydrogen) atoms. The lowest BCUT2D eigenvalue weighted by atomic mass is 10.1. The van der Waals surface area contributed by atoms with Crippen molar-refractivity contribution < 1.29 is 9.47 Å². The van der Waals surface area contributed by atoms with Crippen LogP contribution >= 0.6 is 39.1 Å². The van der Waals surface area contributed by atoms with Crippen molar-refractivity contribution in [3.8, 4) is 11.5 Å². The Morgan fingerprint density at radius 2 is 1.66 bits per heavy atom. The third-order valence-corrected chi connectivity index (χ3v) is 6.24. The SMILES string of the molecule is CCCCCCCCNCc1cc(OC)c(OCc2c(Cl)cccc2Cl)cc1Br. The third-order valence-electron chi connectivity index (χ3n) is 4.79. The van der Waals surface area contributed by atoms with E-state index in [1.807, 2.05) is 18.2 Å². The summed E-state index contributed by atoms with van der Waals surface area (Å²) in [6.07, 6.45) is 7.80. The number of methoxy groups -OCH3 is 1. The molecule has 0 spiro atoms. The molecule has 0 bridgehead atoms. The number of hydrogen-bond acceptors (Lipinski definition) is 3. The quantitative estimate of drug-likeness (QED) is 0.283. The standard InChI is InChI=1S/C23H30BrCl2NO2/c1-3-4-5-6-7-8-12-27-15-17-13-22(28-2)23(14-19(17)24)29-16-18-20(25)10-9-11-21(18)26/h9-11,13-14,27H,3-8,12,15-16H2,1-2H3. The van der Waals surface area contributed by atoms with Crippen molar-refractivity contribution in [2.75, 3.05) is 13.7 Å². The van der Waals surface area contributed by atoms with Crippen molar-refractivity contribution in [1.29, 1.82) is 0 Å². The molecule has 3 nitrogen and oxygen atoms in total. The van der Waals surface area contributed by atoms with Crippen LogP contribution in [0.3, 0.4) is 0 Å². The fraction of sp³-hybridized carbons (Fsp3) is 0.478. The molecule has 0 radical (unpaired) electrons. The van der Waals surface area contributed by atoms with Gasteiger partial charge < -0.3 is 14.8 Å². The highest BCUT2D eigenvalue weighted by molar-refractivity contribution is 9.10. The van der Waals surface area contributed by atoms with Crippen molar-refractivity contribution in [3.63, 3.8) is 0 Å². The fourth-order valence-electron chi connectivity index (χ4n) is 3.06. The number of benzene rings is 2. The molecule has 0 aliphatic heterocycles. The van der Waals surface area contributed by atoms with Crippen molar-refractivity contribution in [3.05, 3.63) is 56.0 Å². The Kier molecular flexibility index (Phi) is 11.2. The van der Waals surface area contributed by atoms with Gasteiger partial charge in [-0.3, -0.25) is 0 Å². The van der Waals surface area contributed by atoms with Crippen LogP contribution in [0, 0.1) is 0 Å². The Morgan fingerprint density at radius 3 is 2.34 bits per heavy atom. The van der Waals surface area contributed by atoms with Crippen LogP contribution in [-0.2, 0) is 13.2 Å². The lowest BCUT2D eigenvalue weighted by molar-refractivity contribution is 0.284. The molecule has 0 atom stereocenters. The Balaban J connectivity index is 1.89. The predicted octanol–water partition coefficient (Wildman–Crippen LogP) is 7.79. The van der Waals surface area contributed by atoms with Crippen LogP contribution in [0.25, 0.3) is 0 Å². The molecule has 2 rings (SSSR count). The van der Waals surface area contributed by atoms with Gasteiger partial charge in [-0.1, -0.05) is 84.2 Å². The lowest BCUT2D eigenvalue weighted by Gasteiger charge is -2.15. The van der Waals surface area contributed by atoms with Gasteiger partial charge in [-0.25, -0.2) is 0 Å². The van der Waals surface area contributed by atoms with Crippen LogP contribution in [0.15, 0.2) is 34.8 Å². The molecule has 160 valence electrons. The van der Waals surface area contributed by atoms with Crippen LogP contribution in [0.5, 0.6) is 11.5 Å². The maximum absolute atomic E-state index is 6.23. The van der Waals surface area contributed by atoms with Gasteiger partial charge in [-0.15, -0.1) is 0 Å². The number of halogens is 3. The van der Waals surface area contributed by atoms with Crippen LogP contribution in [0.1, 0.15) is 56.6 Å². The van der Waals surface area contributed by atoms with Gasteiger partial charge in [-0.2, -0.15) is 0 Å².